The second-order valence-electron chi connectivity index (χ2n) is 5.97. The number of hydrogen-bond donors (Lipinski definition) is 2. The van der Waals surface area contributed by atoms with E-state index in [2.05, 4.69) is 10.6 Å². The predicted molar refractivity (Wildman–Crippen MR) is 80.5 cm³/mol. The molecule has 120 valence electrons. The van der Waals surface area contributed by atoms with E-state index in [0.717, 1.165) is 4.90 Å². The van der Waals surface area contributed by atoms with Crippen LogP contribution >= 0.6 is 0 Å². The smallest absolute Gasteiger partial charge is 0.262 e. The van der Waals surface area contributed by atoms with Crippen molar-refractivity contribution in [1.29, 1.82) is 0 Å². The van der Waals surface area contributed by atoms with Gasteiger partial charge in [-0.2, -0.15) is 0 Å². The molecule has 7 nitrogen and oxygen atoms in total. The van der Waals surface area contributed by atoms with Crippen LogP contribution in [0.15, 0.2) is 18.2 Å². The fourth-order valence-electron chi connectivity index (χ4n) is 3.15. The minimum atomic E-state index is -1.35. The molecule has 2 heterocycles. The molecule has 0 aliphatic carbocycles. The molecule has 2 aliphatic rings. The Labute approximate surface area is 133 Å². The molecule has 0 saturated carbocycles. The maximum atomic E-state index is 12.8. The van der Waals surface area contributed by atoms with Crippen molar-refractivity contribution < 1.29 is 19.2 Å². The van der Waals surface area contributed by atoms with E-state index in [4.69, 9.17) is 0 Å². The molecule has 3 rings (SSSR count). The second-order valence-corrected chi connectivity index (χ2v) is 5.97. The summed E-state index contributed by atoms with van der Waals surface area (Å²) in [5.41, 5.74) is -0.00828. The fourth-order valence-corrected chi connectivity index (χ4v) is 3.15. The lowest BCUT2D eigenvalue weighted by Crippen LogP contribution is -2.62. The van der Waals surface area contributed by atoms with Gasteiger partial charge in [-0.1, -0.05) is 12.1 Å². The van der Waals surface area contributed by atoms with Gasteiger partial charge in [0.05, 0.1) is 11.1 Å². The lowest BCUT2D eigenvalue weighted by Gasteiger charge is -2.38. The van der Waals surface area contributed by atoms with E-state index in [1.165, 1.54) is 6.92 Å². The van der Waals surface area contributed by atoms with Gasteiger partial charge in [0.15, 0.2) is 0 Å². The van der Waals surface area contributed by atoms with Gasteiger partial charge in [0.25, 0.3) is 17.7 Å². The molecule has 2 aliphatic heterocycles. The Bertz CT molecular complexity index is 743. The summed E-state index contributed by atoms with van der Waals surface area (Å²) in [5, 5.41) is 5.18. The molecular formula is C16H17N3O4. The zero-order chi connectivity index (χ0) is 16.8. The van der Waals surface area contributed by atoms with Gasteiger partial charge >= 0.3 is 0 Å². The molecule has 0 aromatic heterocycles. The number of hydrogen-bond acceptors (Lipinski definition) is 5. The first-order valence-corrected chi connectivity index (χ1v) is 7.40. The third-order valence-electron chi connectivity index (χ3n) is 4.44. The summed E-state index contributed by atoms with van der Waals surface area (Å²) in [7, 11) is 1.75. The van der Waals surface area contributed by atoms with Crippen LogP contribution in [0.25, 0.3) is 0 Å². The summed E-state index contributed by atoms with van der Waals surface area (Å²) in [6.07, 6.45) is 0.226. The lowest BCUT2D eigenvalue weighted by molar-refractivity contribution is -0.140. The van der Waals surface area contributed by atoms with Gasteiger partial charge < -0.3 is 5.32 Å². The van der Waals surface area contributed by atoms with E-state index < -0.39 is 23.3 Å². The monoisotopic (exact) mass is 315 g/mol. The quantitative estimate of drug-likeness (QED) is 0.777. The number of fused-ring (bicyclic) bond motifs is 1. The summed E-state index contributed by atoms with van der Waals surface area (Å²) >= 11 is 0. The van der Waals surface area contributed by atoms with Crippen molar-refractivity contribution >= 4 is 23.6 Å². The minimum absolute atomic E-state index is 0.0962. The van der Waals surface area contributed by atoms with Crippen LogP contribution in [0.1, 0.15) is 46.0 Å². The summed E-state index contributed by atoms with van der Waals surface area (Å²) in [5.74, 6) is -1.98. The summed E-state index contributed by atoms with van der Waals surface area (Å²) < 4.78 is 0. The van der Waals surface area contributed by atoms with Gasteiger partial charge in [-0.3, -0.25) is 29.4 Å². The van der Waals surface area contributed by atoms with E-state index >= 15 is 0 Å². The highest BCUT2D eigenvalue weighted by Gasteiger charge is 2.53. The van der Waals surface area contributed by atoms with E-state index in [0.29, 0.717) is 23.2 Å². The molecule has 0 spiro atoms. The molecule has 1 atom stereocenters. The molecule has 0 bridgehead atoms. The number of imide groups is 2. The molecule has 1 saturated heterocycles. The first-order valence-electron chi connectivity index (χ1n) is 7.40. The maximum absolute atomic E-state index is 12.8. The zero-order valence-corrected chi connectivity index (χ0v) is 12.9. The van der Waals surface area contributed by atoms with E-state index in [-0.39, 0.29) is 18.7 Å². The molecule has 4 amide bonds. The molecule has 1 fully saturated rings. The Balaban J connectivity index is 2.05. The molecule has 2 N–H and O–H groups in total. The van der Waals surface area contributed by atoms with Gasteiger partial charge in [0.1, 0.15) is 5.54 Å². The van der Waals surface area contributed by atoms with Crippen LogP contribution in [0, 0.1) is 0 Å². The van der Waals surface area contributed by atoms with Crippen molar-refractivity contribution in [3.8, 4) is 0 Å². The predicted octanol–water partition coefficient (Wildman–Crippen LogP) is 0.197. The number of carbonyl (C=O) groups is 4. The topological polar surface area (TPSA) is 95.6 Å². The standard InChI is InChI=1S/C16H17N3O4/c1-16(7-6-11(20)18-15(16)23)19-13(21)10-5-3-4-9(8-17-2)12(10)14(19)22/h3-5,17H,6-8H2,1-2H3,(H,18,20,23)/t16-/m0/s1. The molecule has 1 aromatic carbocycles. The van der Waals surface area contributed by atoms with Gasteiger partial charge in [-0.15, -0.1) is 0 Å². The normalized spacial score (nSPS) is 24.0. The Morgan fingerprint density at radius 3 is 2.61 bits per heavy atom. The van der Waals surface area contributed by atoms with Crippen molar-refractivity contribution in [3.63, 3.8) is 0 Å². The van der Waals surface area contributed by atoms with E-state index in [1.54, 1.807) is 25.2 Å². The van der Waals surface area contributed by atoms with Crippen LogP contribution in [0.2, 0.25) is 0 Å². The Hall–Kier alpha value is -2.54. The third-order valence-corrected chi connectivity index (χ3v) is 4.44. The fraction of sp³-hybridized carbons (Fsp3) is 0.375. The third kappa shape index (κ3) is 2.16. The number of benzene rings is 1. The van der Waals surface area contributed by atoms with Gasteiger partial charge in [-0.05, 0) is 32.0 Å². The molecule has 7 heteroatoms. The maximum Gasteiger partial charge on any atom is 0.262 e. The van der Waals surface area contributed by atoms with Crippen LogP contribution in [-0.4, -0.2) is 41.1 Å². The largest absolute Gasteiger partial charge is 0.316 e. The molecule has 1 aromatic rings. The Morgan fingerprint density at radius 2 is 1.96 bits per heavy atom. The number of piperidine rings is 1. The van der Waals surface area contributed by atoms with Crippen LogP contribution in [-0.2, 0) is 16.1 Å². The van der Waals surface area contributed by atoms with Crippen LogP contribution in [0.5, 0.6) is 0 Å². The highest BCUT2D eigenvalue weighted by Crippen LogP contribution is 2.35. The van der Waals surface area contributed by atoms with Crippen LogP contribution in [0.4, 0.5) is 0 Å². The minimum Gasteiger partial charge on any atom is -0.316 e. The number of rotatable bonds is 3. The summed E-state index contributed by atoms with van der Waals surface area (Å²) in [6.45, 7) is 1.96. The number of nitrogens with one attached hydrogen (secondary N) is 2. The average molecular weight is 315 g/mol. The SMILES string of the molecule is CNCc1cccc2c1C(=O)N([C@@]1(C)CCC(=O)NC1=O)C2=O. The average Bonchev–Trinajstić information content (AvgIpc) is 2.77. The molecule has 0 radical (unpaired) electrons. The summed E-state index contributed by atoms with van der Waals surface area (Å²) in [4.78, 5) is 50.2. The Kier molecular flexibility index (Phi) is 3.52. The van der Waals surface area contributed by atoms with Gasteiger partial charge in [0.2, 0.25) is 5.91 Å². The number of nitrogens with zero attached hydrogens (tertiary/aromatic N) is 1. The van der Waals surface area contributed by atoms with Crippen molar-refractivity contribution in [2.75, 3.05) is 7.05 Å². The van der Waals surface area contributed by atoms with Crippen molar-refractivity contribution in [2.45, 2.75) is 31.8 Å². The molecule has 23 heavy (non-hydrogen) atoms. The number of carbonyl (C=O) groups excluding carboxylic acids is 4. The highest BCUT2D eigenvalue weighted by atomic mass is 16.2. The first kappa shape index (κ1) is 15.4. The van der Waals surface area contributed by atoms with E-state index in [9.17, 15) is 19.2 Å². The number of amides is 4. The van der Waals surface area contributed by atoms with Gasteiger partial charge in [0, 0.05) is 13.0 Å². The van der Waals surface area contributed by atoms with Gasteiger partial charge in [-0.25, -0.2) is 0 Å². The van der Waals surface area contributed by atoms with Crippen LogP contribution in [0.3, 0.4) is 0 Å². The van der Waals surface area contributed by atoms with Crippen LogP contribution < -0.4 is 10.6 Å². The second kappa shape index (κ2) is 5.27. The Morgan fingerprint density at radius 1 is 1.22 bits per heavy atom. The highest BCUT2D eigenvalue weighted by molar-refractivity contribution is 6.24. The van der Waals surface area contributed by atoms with Crippen molar-refractivity contribution in [2.24, 2.45) is 0 Å². The lowest BCUT2D eigenvalue weighted by atomic mass is 9.89. The molecular weight excluding hydrogens is 298 g/mol. The summed E-state index contributed by atoms with van der Waals surface area (Å²) in [6, 6.07) is 5.08. The molecule has 0 unspecified atom stereocenters. The van der Waals surface area contributed by atoms with E-state index in [1.807, 2.05) is 0 Å². The first-order chi connectivity index (χ1) is 10.9. The zero-order valence-electron chi connectivity index (χ0n) is 12.9. The van der Waals surface area contributed by atoms with Crippen molar-refractivity contribution in [3.05, 3.63) is 34.9 Å². The van der Waals surface area contributed by atoms with Crippen molar-refractivity contribution in [1.82, 2.24) is 15.5 Å².